The third-order valence-electron chi connectivity index (χ3n) is 8.14. The summed E-state index contributed by atoms with van der Waals surface area (Å²) in [6, 6.07) is 19.4. The Morgan fingerprint density at radius 2 is 1.70 bits per heavy atom. The van der Waals surface area contributed by atoms with Gasteiger partial charge >= 0.3 is 5.97 Å². The molecule has 1 fully saturated rings. The first-order valence-electron chi connectivity index (χ1n) is 15.9. The SMILES string of the molecule is COc1ccc2nc(NC(=O)[C@H](CC3CCCC3)c3ccc(S(=O)(=O)N(CCC(=O)OC(C)(C)C)Cc4ccccc4)cc3)sc2n1. The van der Waals surface area contributed by atoms with Crippen molar-refractivity contribution in [3.8, 4) is 5.88 Å². The number of esters is 1. The number of amides is 1. The number of thiazole rings is 1. The first-order valence-corrected chi connectivity index (χ1v) is 18.2. The molecule has 0 aliphatic heterocycles. The topological polar surface area (TPSA) is 128 Å². The third kappa shape index (κ3) is 9.15. The fourth-order valence-corrected chi connectivity index (χ4v) is 8.10. The van der Waals surface area contributed by atoms with E-state index in [1.807, 2.05) is 30.3 Å². The number of hydrogen-bond acceptors (Lipinski definition) is 9. The fourth-order valence-electron chi connectivity index (χ4n) is 5.83. The van der Waals surface area contributed by atoms with Gasteiger partial charge in [0.15, 0.2) is 5.13 Å². The first kappa shape index (κ1) is 34.5. The lowest BCUT2D eigenvalue weighted by molar-refractivity contribution is -0.154. The normalized spacial score (nSPS) is 14.7. The number of rotatable bonds is 13. The molecule has 47 heavy (non-hydrogen) atoms. The number of fused-ring (bicyclic) bond motifs is 1. The van der Waals surface area contributed by atoms with Gasteiger partial charge in [-0.2, -0.15) is 4.31 Å². The van der Waals surface area contributed by atoms with Gasteiger partial charge in [-0.1, -0.05) is 79.5 Å². The first-order chi connectivity index (χ1) is 22.4. The van der Waals surface area contributed by atoms with Crippen LogP contribution in [0.5, 0.6) is 5.88 Å². The second-order valence-corrected chi connectivity index (χ2v) is 15.8. The summed E-state index contributed by atoms with van der Waals surface area (Å²) in [6.45, 7) is 5.39. The van der Waals surface area contributed by atoms with Crippen molar-refractivity contribution in [1.82, 2.24) is 14.3 Å². The maximum absolute atomic E-state index is 14.0. The van der Waals surface area contributed by atoms with Crippen molar-refractivity contribution in [2.45, 2.75) is 82.3 Å². The van der Waals surface area contributed by atoms with E-state index in [4.69, 9.17) is 9.47 Å². The third-order valence-corrected chi connectivity index (χ3v) is 10.9. The maximum Gasteiger partial charge on any atom is 0.307 e. The van der Waals surface area contributed by atoms with Crippen LogP contribution in [0.4, 0.5) is 5.13 Å². The van der Waals surface area contributed by atoms with E-state index in [1.54, 1.807) is 64.3 Å². The van der Waals surface area contributed by atoms with Gasteiger partial charge in [0.1, 0.15) is 15.9 Å². The standard InChI is InChI=1S/C35H42N4O6S2/c1-35(2,3)45-31(40)20-21-39(23-25-12-6-5-7-13-25)47(42,43)27-16-14-26(15-17-27)28(22-24-10-8-9-11-24)32(41)38-34-36-29-18-19-30(44-4)37-33(29)46-34/h5-7,12-19,24,28H,8-11,20-23H2,1-4H3,(H,36,38,41)/t28-/m1/s1. The van der Waals surface area contributed by atoms with E-state index in [2.05, 4.69) is 15.3 Å². The molecule has 1 atom stereocenters. The molecular formula is C35H42N4O6S2. The number of ether oxygens (including phenoxy) is 2. The van der Waals surface area contributed by atoms with E-state index in [0.29, 0.717) is 33.7 Å². The molecule has 2 heterocycles. The molecule has 0 spiro atoms. The number of hydrogen-bond donors (Lipinski definition) is 1. The zero-order chi connectivity index (χ0) is 33.6. The molecule has 0 unspecified atom stereocenters. The molecule has 2 aromatic heterocycles. The largest absolute Gasteiger partial charge is 0.481 e. The Kier molecular flexibility index (Phi) is 10.9. The quantitative estimate of drug-likeness (QED) is 0.151. The molecule has 12 heteroatoms. The second kappa shape index (κ2) is 14.9. The zero-order valence-corrected chi connectivity index (χ0v) is 28.9. The molecule has 4 aromatic rings. The number of carbonyl (C=O) groups is 2. The van der Waals surface area contributed by atoms with Gasteiger partial charge in [-0.05, 0) is 62.4 Å². The highest BCUT2D eigenvalue weighted by atomic mass is 32.2. The van der Waals surface area contributed by atoms with Crippen LogP contribution in [-0.4, -0.2) is 53.8 Å². The minimum atomic E-state index is -3.99. The molecule has 1 aliphatic carbocycles. The van der Waals surface area contributed by atoms with Gasteiger partial charge in [0, 0.05) is 19.2 Å². The molecule has 5 rings (SSSR count). The summed E-state index contributed by atoms with van der Waals surface area (Å²) in [7, 11) is -2.44. The summed E-state index contributed by atoms with van der Waals surface area (Å²) in [5.41, 5.74) is 1.53. The zero-order valence-electron chi connectivity index (χ0n) is 27.3. The van der Waals surface area contributed by atoms with E-state index < -0.39 is 27.5 Å². The minimum absolute atomic E-state index is 0.0382. The highest BCUT2D eigenvalue weighted by Crippen LogP contribution is 2.36. The highest BCUT2D eigenvalue weighted by Gasteiger charge is 2.30. The van der Waals surface area contributed by atoms with Crippen LogP contribution in [-0.2, 0) is 30.9 Å². The van der Waals surface area contributed by atoms with Crippen LogP contribution in [0.1, 0.15) is 76.3 Å². The molecule has 0 bridgehead atoms. The monoisotopic (exact) mass is 678 g/mol. The number of aromatic nitrogens is 2. The van der Waals surface area contributed by atoms with Crippen molar-refractivity contribution >= 4 is 48.7 Å². The summed E-state index contributed by atoms with van der Waals surface area (Å²) in [5.74, 6) is -0.270. The lowest BCUT2D eigenvalue weighted by Crippen LogP contribution is -2.34. The molecule has 0 saturated heterocycles. The van der Waals surface area contributed by atoms with E-state index in [0.717, 1.165) is 36.8 Å². The van der Waals surface area contributed by atoms with E-state index in [1.165, 1.54) is 15.6 Å². The molecular weight excluding hydrogens is 637 g/mol. The summed E-state index contributed by atoms with van der Waals surface area (Å²) in [4.78, 5) is 36.0. The summed E-state index contributed by atoms with van der Waals surface area (Å²) < 4.78 is 39.9. The maximum atomic E-state index is 14.0. The number of anilines is 1. The molecule has 1 N–H and O–H groups in total. The Labute approximate surface area is 280 Å². The van der Waals surface area contributed by atoms with Gasteiger partial charge in [-0.3, -0.25) is 9.59 Å². The Hall–Kier alpha value is -3.87. The predicted molar refractivity (Wildman–Crippen MR) is 183 cm³/mol. The average molecular weight is 679 g/mol. The van der Waals surface area contributed by atoms with Crippen molar-refractivity contribution in [2.24, 2.45) is 5.92 Å². The number of carbonyl (C=O) groups excluding carboxylic acids is 2. The van der Waals surface area contributed by atoms with Crippen molar-refractivity contribution in [2.75, 3.05) is 19.0 Å². The summed E-state index contributed by atoms with van der Waals surface area (Å²) in [6.07, 6.45) is 4.98. The number of methoxy groups -OCH3 is 1. The number of pyridine rings is 1. The van der Waals surface area contributed by atoms with Crippen molar-refractivity contribution < 1.29 is 27.5 Å². The molecule has 250 valence electrons. The van der Waals surface area contributed by atoms with Gasteiger partial charge < -0.3 is 14.8 Å². The van der Waals surface area contributed by atoms with Crippen LogP contribution in [0.3, 0.4) is 0 Å². The second-order valence-electron chi connectivity index (χ2n) is 12.9. The Bertz CT molecular complexity index is 1780. The van der Waals surface area contributed by atoms with Crippen LogP contribution in [0.15, 0.2) is 71.6 Å². The molecule has 1 saturated carbocycles. The van der Waals surface area contributed by atoms with Gasteiger partial charge in [0.05, 0.1) is 24.3 Å². The lowest BCUT2D eigenvalue weighted by Gasteiger charge is -2.24. The molecule has 1 aliphatic rings. The number of nitrogens with zero attached hydrogens (tertiary/aromatic N) is 3. The molecule has 2 aromatic carbocycles. The van der Waals surface area contributed by atoms with Crippen molar-refractivity contribution in [1.29, 1.82) is 0 Å². The van der Waals surface area contributed by atoms with Crippen molar-refractivity contribution in [3.05, 3.63) is 77.9 Å². The van der Waals surface area contributed by atoms with Crippen LogP contribution in [0.25, 0.3) is 10.3 Å². The van der Waals surface area contributed by atoms with Gasteiger partial charge in [-0.15, -0.1) is 0 Å². The molecule has 10 nitrogen and oxygen atoms in total. The number of benzene rings is 2. The van der Waals surface area contributed by atoms with E-state index in [-0.39, 0.29) is 30.3 Å². The smallest absolute Gasteiger partial charge is 0.307 e. The minimum Gasteiger partial charge on any atom is -0.481 e. The number of nitrogens with one attached hydrogen (secondary N) is 1. The van der Waals surface area contributed by atoms with Crippen LogP contribution in [0, 0.1) is 5.92 Å². The fraction of sp³-hybridized carbons (Fsp3) is 0.429. The summed E-state index contributed by atoms with van der Waals surface area (Å²) >= 11 is 1.28. The number of sulfonamides is 1. The highest BCUT2D eigenvalue weighted by molar-refractivity contribution is 7.89. The van der Waals surface area contributed by atoms with Crippen LogP contribution < -0.4 is 10.1 Å². The van der Waals surface area contributed by atoms with Crippen molar-refractivity contribution in [3.63, 3.8) is 0 Å². The van der Waals surface area contributed by atoms with E-state index >= 15 is 0 Å². The Balaban J connectivity index is 1.37. The van der Waals surface area contributed by atoms with Gasteiger partial charge in [0.2, 0.25) is 21.8 Å². The van der Waals surface area contributed by atoms with Gasteiger partial charge in [0.25, 0.3) is 0 Å². The average Bonchev–Trinajstić information content (AvgIpc) is 3.70. The van der Waals surface area contributed by atoms with E-state index in [9.17, 15) is 18.0 Å². The Morgan fingerprint density at radius 1 is 1.00 bits per heavy atom. The lowest BCUT2D eigenvalue weighted by atomic mass is 9.87. The Morgan fingerprint density at radius 3 is 2.36 bits per heavy atom. The van der Waals surface area contributed by atoms with Crippen LogP contribution in [0.2, 0.25) is 0 Å². The molecule has 1 amide bonds. The van der Waals surface area contributed by atoms with Gasteiger partial charge in [-0.25, -0.2) is 18.4 Å². The molecule has 0 radical (unpaired) electrons. The van der Waals surface area contributed by atoms with Crippen LogP contribution >= 0.6 is 11.3 Å². The summed E-state index contributed by atoms with van der Waals surface area (Å²) in [5, 5.41) is 3.44. The predicted octanol–water partition coefficient (Wildman–Crippen LogP) is 6.93.